The Morgan fingerprint density at radius 2 is 1.89 bits per heavy atom. The second-order valence-electron chi connectivity index (χ2n) is 4.22. The molecule has 0 aliphatic rings. The zero-order valence-corrected chi connectivity index (χ0v) is 11.4. The number of hydrogen-bond acceptors (Lipinski definition) is 4. The van der Waals surface area contributed by atoms with Gasteiger partial charge in [-0.3, -0.25) is 24.0 Å². The number of nitro groups is 1. The molecule has 0 aromatic carbocycles. The average molecular weight is 290 g/mol. The zero-order chi connectivity index (χ0) is 14.4. The van der Waals surface area contributed by atoms with Gasteiger partial charge < -0.3 is 0 Å². The maximum Gasteiger partial charge on any atom is 0.350 e. The van der Waals surface area contributed by atoms with E-state index in [4.69, 9.17) is 11.6 Å². The van der Waals surface area contributed by atoms with Gasteiger partial charge in [-0.05, 0) is 12.8 Å². The third-order valence-electron chi connectivity index (χ3n) is 2.77. The third-order valence-corrected chi connectivity index (χ3v) is 3.04. The van der Waals surface area contributed by atoms with Crippen molar-refractivity contribution in [2.45, 2.75) is 32.2 Å². The summed E-state index contributed by atoms with van der Waals surface area (Å²) in [7, 11) is 1.39. The fraction of sp³-hybridized carbons (Fsp3) is 0.636. The first-order chi connectivity index (χ1) is 8.99. The summed E-state index contributed by atoms with van der Waals surface area (Å²) in [6, 6.07) is 0. The molecule has 0 N–H and O–H groups in total. The van der Waals surface area contributed by atoms with Crippen molar-refractivity contribution in [1.82, 2.24) is 9.13 Å². The number of aromatic nitrogens is 2. The van der Waals surface area contributed by atoms with Crippen LogP contribution in [0.25, 0.3) is 0 Å². The van der Waals surface area contributed by atoms with E-state index in [0.29, 0.717) is 12.3 Å². The predicted molar refractivity (Wildman–Crippen MR) is 71.8 cm³/mol. The fourth-order valence-electron chi connectivity index (χ4n) is 1.75. The number of halogens is 1. The van der Waals surface area contributed by atoms with Crippen molar-refractivity contribution in [3.8, 4) is 0 Å². The SMILES string of the molecule is Cn1cc([N+](=O)[O-])c(=O)n(CCCCCCCl)c1=O. The Kier molecular flexibility index (Phi) is 5.75. The van der Waals surface area contributed by atoms with E-state index in [9.17, 15) is 19.7 Å². The molecule has 0 radical (unpaired) electrons. The standard InChI is InChI=1S/C11H16ClN3O4/c1-13-8-9(15(18)19)10(16)14(11(13)17)7-5-3-2-4-6-12/h8H,2-7H2,1H3. The van der Waals surface area contributed by atoms with Crippen molar-refractivity contribution in [2.75, 3.05) is 5.88 Å². The van der Waals surface area contributed by atoms with Crippen LogP contribution in [-0.4, -0.2) is 19.9 Å². The van der Waals surface area contributed by atoms with Gasteiger partial charge in [-0.25, -0.2) is 4.79 Å². The summed E-state index contributed by atoms with van der Waals surface area (Å²) in [6.07, 6.45) is 4.18. The molecule has 1 aromatic rings. The van der Waals surface area contributed by atoms with Crippen molar-refractivity contribution < 1.29 is 4.92 Å². The first-order valence-electron chi connectivity index (χ1n) is 6.00. The van der Waals surface area contributed by atoms with Crippen LogP contribution in [0.5, 0.6) is 0 Å². The van der Waals surface area contributed by atoms with Crippen LogP contribution in [0.2, 0.25) is 0 Å². The minimum atomic E-state index is -0.842. The largest absolute Gasteiger partial charge is 0.350 e. The Balaban J connectivity index is 2.91. The monoisotopic (exact) mass is 289 g/mol. The summed E-state index contributed by atoms with van der Waals surface area (Å²) < 4.78 is 1.97. The Morgan fingerprint density at radius 1 is 1.26 bits per heavy atom. The normalized spacial score (nSPS) is 10.6. The van der Waals surface area contributed by atoms with Crippen LogP contribution >= 0.6 is 11.6 Å². The molecule has 7 nitrogen and oxygen atoms in total. The summed E-state index contributed by atoms with van der Waals surface area (Å²) in [5.41, 5.74) is -1.96. The molecule has 0 bridgehead atoms. The van der Waals surface area contributed by atoms with E-state index < -0.39 is 21.9 Å². The smallest absolute Gasteiger partial charge is 0.297 e. The Bertz CT molecular complexity index is 564. The molecule has 8 heteroatoms. The summed E-state index contributed by atoms with van der Waals surface area (Å²) >= 11 is 5.54. The van der Waals surface area contributed by atoms with Crippen LogP contribution in [-0.2, 0) is 13.6 Å². The van der Waals surface area contributed by atoms with E-state index >= 15 is 0 Å². The molecule has 0 spiro atoms. The molecule has 1 rings (SSSR count). The highest BCUT2D eigenvalue weighted by molar-refractivity contribution is 6.17. The molecule has 0 aliphatic heterocycles. The summed E-state index contributed by atoms with van der Waals surface area (Å²) in [5.74, 6) is 0.582. The van der Waals surface area contributed by atoms with E-state index in [0.717, 1.165) is 34.6 Å². The zero-order valence-electron chi connectivity index (χ0n) is 10.7. The number of alkyl halides is 1. The van der Waals surface area contributed by atoms with E-state index in [1.165, 1.54) is 7.05 Å². The highest BCUT2D eigenvalue weighted by Gasteiger charge is 2.18. The molecule has 106 valence electrons. The second-order valence-corrected chi connectivity index (χ2v) is 4.60. The van der Waals surface area contributed by atoms with E-state index in [-0.39, 0.29) is 6.54 Å². The van der Waals surface area contributed by atoms with Crippen molar-refractivity contribution in [2.24, 2.45) is 7.05 Å². The molecule has 0 saturated heterocycles. The van der Waals surface area contributed by atoms with Gasteiger partial charge in [-0.15, -0.1) is 11.6 Å². The number of rotatable bonds is 7. The van der Waals surface area contributed by atoms with Crippen LogP contribution in [0.1, 0.15) is 25.7 Å². The number of aryl methyl sites for hydroxylation is 1. The molecule has 0 fully saturated rings. The van der Waals surface area contributed by atoms with Gasteiger partial charge in [0.25, 0.3) is 0 Å². The van der Waals surface area contributed by atoms with Crippen LogP contribution in [0.3, 0.4) is 0 Å². The van der Waals surface area contributed by atoms with Crippen molar-refractivity contribution in [1.29, 1.82) is 0 Å². The van der Waals surface area contributed by atoms with Gasteiger partial charge in [0.05, 0.1) is 11.1 Å². The maximum absolute atomic E-state index is 11.8. The van der Waals surface area contributed by atoms with Gasteiger partial charge in [-0.1, -0.05) is 12.8 Å². The lowest BCUT2D eigenvalue weighted by atomic mass is 10.2. The number of unbranched alkanes of at least 4 members (excludes halogenated alkanes) is 3. The van der Waals surface area contributed by atoms with Crippen molar-refractivity contribution in [3.05, 3.63) is 37.1 Å². The highest BCUT2D eigenvalue weighted by atomic mass is 35.5. The molecule has 0 atom stereocenters. The lowest BCUT2D eigenvalue weighted by Gasteiger charge is -2.06. The minimum absolute atomic E-state index is 0.190. The third kappa shape index (κ3) is 3.92. The van der Waals surface area contributed by atoms with E-state index in [2.05, 4.69) is 0 Å². The maximum atomic E-state index is 11.8. The van der Waals surface area contributed by atoms with Crippen LogP contribution in [0.15, 0.2) is 15.8 Å². The van der Waals surface area contributed by atoms with Crippen LogP contribution in [0.4, 0.5) is 5.69 Å². The van der Waals surface area contributed by atoms with Gasteiger partial charge in [-0.2, -0.15) is 0 Å². The predicted octanol–water partition coefficient (Wildman–Crippen LogP) is 1.25. The van der Waals surface area contributed by atoms with Crippen molar-refractivity contribution in [3.63, 3.8) is 0 Å². The quantitative estimate of drug-likeness (QED) is 0.327. The van der Waals surface area contributed by atoms with Crippen LogP contribution in [0, 0.1) is 10.1 Å². The summed E-state index contributed by atoms with van der Waals surface area (Å²) in [6.45, 7) is 0.190. The summed E-state index contributed by atoms with van der Waals surface area (Å²) in [4.78, 5) is 33.5. The number of hydrogen-bond donors (Lipinski definition) is 0. The molecule has 0 unspecified atom stereocenters. The van der Waals surface area contributed by atoms with Crippen LogP contribution < -0.4 is 11.2 Å². The second kappa shape index (κ2) is 7.08. The lowest BCUT2D eigenvalue weighted by molar-refractivity contribution is -0.387. The molecular formula is C11H16ClN3O4. The highest BCUT2D eigenvalue weighted by Crippen LogP contribution is 2.03. The van der Waals surface area contributed by atoms with Gasteiger partial charge in [0.1, 0.15) is 0 Å². The molecule has 0 amide bonds. The molecule has 0 aliphatic carbocycles. The molecule has 1 heterocycles. The molecular weight excluding hydrogens is 274 g/mol. The van der Waals surface area contributed by atoms with Gasteiger partial charge in [0.15, 0.2) is 0 Å². The molecule has 19 heavy (non-hydrogen) atoms. The van der Waals surface area contributed by atoms with E-state index in [1.807, 2.05) is 0 Å². The topological polar surface area (TPSA) is 87.1 Å². The van der Waals surface area contributed by atoms with Gasteiger partial charge in [0, 0.05) is 19.5 Å². The first kappa shape index (κ1) is 15.4. The number of nitrogens with zero attached hydrogens (tertiary/aromatic N) is 3. The van der Waals surface area contributed by atoms with Gasteiger partial charge >= 0.3 is 16.9 Å². The Hall–Kier alpha value is -1.63. The molecule has 0 saturated carbocycles. The first-order valence-corrected chi connectivity index (χ1v) is 6.53. The Morgan fingerprint density at radius 3 is 2.47 bits per heavy atom. The lowest BCUT2D eigenvalue weighted by Crippen LogP contribution is -2.39. The molecule has 1 aromatic heterocycles. The minimum Gasteiger partial charge on any atom is -0.297 e. The Labute approximate surface area is 114 Å². The average Bonchev–Trinajstić information content (AvgIpc) is 2.36. The fourth-order valence-corrected chi connectivity index (χ4v) is 1.94. The summed E-state index contributed by atoms with van der Waals surface area (Å²) in [5, 5.41) is 10.7. The van der Waals surface area contributed by atoms with E-state index in [1.54, 1.807) is 0 Å². The van der Waals surface area contributed by atoms with Crippen molar-refractivity contribution >= 4 is 17.3 Å². The van der Waals surface area contributed by atoms with Gasteiger partial charge in [0.2, 0.25) is 0 Å².